The van der Waals surface area contributed by atoms with Gasteiger partial charge in [-0.15, -0.1) is 0 Å². The molecule has 0 saturated carbocycles. The second-order valence-electron chi connectivity index (χ2n) is 5.86. The summed E-state index contributed by atoms with van der Waals surface area (Å²) in [5.41, 5.74) is -0.0743. The van der Waals surface area contributed by atoms with Crippen LogP contribution in [0.5, 0.6) is 0 Å². The topological polar surface area (TPSA) is 15.3 Å². The van der Waals surface area contributed by atoms with Gasteiger partial charge in [-0.05, 0) is 41.5 Å². The molecule has 5 heteroatoms. The molecule has 0 heterocycles. The van der Waals surface area contributed by atoms with Crippen molar-refractivity contribution in [2.24, 2.45) is 0 Å². The summed E-state index contributed by atoms with van der Waals surface area (Å²) >= 11 is 0. The number of nitrogens with zero attached hydrogens (tertiary/aromatic N) is 1. The third-order valence-electron chi connectivity index (χ3n) is 2.52. The first-order valence-electron chi connectivity index (χ1n) is 6.00. The molecule has 0 aromatic rings. The Balaban J connectivity index is 4.41. The molecule has 1 unspecified atom stereocenters. The molecule has 0 spiro atoms. The third kappa shape index (κ3) is 8.44. The Kier molecular flexibility index (Phi) is 5.94. The Morgan fingerprint density at radius 3 is 1.82 bits per heavy atom. The molecule has 1 N–H and O–H groups in total. The summed E-state index contributed by atoms with van der Waals surface area (Å²) in [6.07, 6.45) is -4.14. The summed E-state index contributed by atoms with van der Waals surface area (Å²) in [6.45, 7) is 11.1. The minimum absolute atomic E-state index is 0.0743. The summed E-state index contributed by atoms with van der Waals surface area (Å²) in [7, 11) is 0. The highest BCUT2D eigenvalue weighted by Crippen LogP contribution is 2.19. The fraction of sp³-hybridized carbons (Fsp3) is 1.00. The van der Waals surface area contributed by atoms with E-state index < -0.39 is 12.7 Å². The molecule has 0 fully saturated rings. The Morgan fingerprint density at radius 1 is 1.06 bits per heavy atom. The van der Waals surface area contributed by atoms with Gasteiger partial charge in [0.1, 0.15) is 0 Å². The first-order valence-corrected chi connectivity index (χ1v) is 6.00. The Morgan fingerprint density at radius 2 is 1.53 bits per heavy atom. The van der Waals surface area contributed by atoms with E-state index >= 15 is 0 Å². The maximum absolute atomic E-state index is 12.4. The largest absolute Gasteiger partial charge is 0.401 e. The molecule has 17 heavy (non-hydrogen) atoms. The standard InChI is InChI=1S/C12H25F3N2/c1-9(2)17(8-12(13,14)15)10(3)7-16-11(4,5)6/h9-10,16H,7-8H2,1-6H3. The second kappa shape index (κ2) is 6.05. The molecule has 0 aliphatic carbocycles. The Labute approximate surface area is 103 Å². The molecule has 104 valence electrons. The van der Waals surface area contributed by atoms with Gasteiger partial charge in [0, 0.05) is 24.2 Å². The summed E-state index contributed by atoms with van der Waals surface area (Å²) in [5, 5.41) is 3.23. The zero-order valence-corrected chi connectivity index (χ0v) is 11.7. The van der Waals surface area contributed by atoms with Gasteiger partial charge in [-0.25, -0.2) is 0 Å². The van der Waals surface area contributed by atoms with Gasteiger partial charge in [-0.1, -0.05) is 0 Å². The molecule has 1 atom stereocenters. The van der Waals surface area contributed by atoms with Gasteiger partial charge in [0.05, 0.1) is 6.54 Å². The zero-order chi connectivity index (χ0) is 13.9. The van der Waals surface area contributed by atoms with Crippen LogP contribution in [0, 0.1) is 0 Å². The molecule has 0 rings (SSSR count). The van der Waals surface area contributed by atoms with Crippen LogP contribution in [0.4, 0.5) is 13.2 Å². The zero-order valence-electron chi connectivity index (χ0n) is 11.7. The van der Waals surface area contributed by atoms with Crippen molar-refractivity contribution >= 4 is 0 Å². The molecule has 0 saturated heterocycles. The van der Waals surface area contributed by atoms with Crippen molar-refractivity contribution in [3.05, 3.63) is 0 Å². The number of halogens is 3. The van der Waals surface area contributed by atoms with Crippen molar-refractivity contribution in [2.75, 3.05) is 13.1 Å². The van der Waals surface area contributed by atoms with E-state index in [-0.39, 0.29) is 17.6 Å². The van der Waals surface area contributed by atoms with Crippen LogP contribution in [-0.2, 0) is 0 Å². The molecule has 0 aromatic heterocycles. The Hall–Kier alpha value is -0.290. The van der Waals surface area contributed by atoms with E-state index in [1.165, 1.54) is 4.90 Å². The molecule has 0 bridgehead atoms. The molecular formula is C12H25F3N2. The summed E-state index contributed by atoms with van der Waals surface area (Å²) < 4.78 is 37.3. The van der Waals surface area contributed by atoms with E-state index in [0.29, 0.717) is 6.54 Å². The lowest BCUT2D eigenvalue weighted by Crippen LogP contribution is -2.51. The van der Waals surface area contributed by atoms with Crippen LogP contribution in [0.25, 0.3) is 0 Å². The van der Waals surface area contributed by atoms with E-state index in [1.54, 1.807) is 13.8 Å². The van der Waals surface area contributed by atoms with Crippen LogP contribution in [-0.4, -0.2) is 41.8 Å². The van der Waals surface area contributed by atoms with E-state index in [0.717, 1.165) is 0 Å². The maximum atomic E-state index is 12.4. The minimum atomic E-state index is -4.14. The minimum Gasteiger partial charge on any atom is -0.311 e. The molecule has 0 amide bonds. The lowest BCUT2D eigenvalue weighted by molar-refractivity contribution is -0.154. The van der Waals surface area contributed by atoms with E-state index in [9.17, 15) is 13.2 Å². The van der Waals surface area contributed by atoms with Gasteiger partial charge in [0.2, 0.25) is 0 Å². The second-order valence-corrected chi connectivity index (χ2v) is 5.86. The molecule has 2 nitrogen and oxygen atoms in total. The van der Waals surface area contributed by atoms with Crippen molar-refractivity contribution in [1.29, 1.82) is 0 Å². The molecule has 0 aromatic carbocycles. The third-order valence-corrected chi connectivity index (χ3v) is 2.52. The average molecular weight is 254 g/mol. The van der Waals surface area contributed by atoms with E-state index in [4.69, 9.17) is 0 Å². The predicted molar refractivity (Wildman–Crippen MR) is 65.1 cm³/mol. The number of nitrogens with one attached hydrogen (secondary N) is 1. The van der Waals surface area contributed by atoms with Crippen molar-refractivity contribution < 1.29 is 13.2 Å². The van der Waals surface area contributed by atoms with Gasteiger partial charge >= 0.3 is 6.18 Å². The number of alkyl halides is 3. The fourth-order valence-electron chi connectivity index (χ4n) is 1.63. The van der Waals surface area contributed by atoms with Crippen LogP contribution in [0.2, 0.25) is 0 Å². The molecule has 0 aliphatic heterocycles. The van der Waals surface area contributed by atoms with Crippen LogP contribution in [0.15, 0.2) is 0 Å². The fourth-order valence-corrected chi connectivity index (χ4v) is 1.63. The number of hydrogen-bond acceptors (Lipinski definition) is 2. The van der Waals surface area contributed by atoms with Gasteiger partial charge in [0.25, 0.3) is 0 Å². The van der Waals surface area contributed by atoms with Crippen molar-refractivity contribution in [3.63, 3.8) is 0 Å². The SMILES string of the molecule is CC(C)N(CC(F)(F)F)C(C)CNC(C)(C)C. The molecule has 0 aliphatic rings. The average Bonchev–Trinajstić information content (AvgIpc) is 2.07. The molecule has 0 radical (unpaired) electrons. The Bertz CT molecular complexity index is 219. The van der Waals surface area contributed by atoms with Crippen LogP contribution < -0.4 is 5.32 Å². The van der Waals surface area contributed by atoms with Gasteiger partial charge in [0.15, 0.2) is 0 Å². The lowest BCUT2D eigenvalue weighted by atomic mass is 10.1. The van der Waals surface area contributed by atoms with Gasteiger partial charge in [-0.2, -0.15) is 13.2 Å². The monoisotopic (exact) mass is 254 g/mol. The van der Waals surface area contributed by atoms with E-state index in [2.05, 4.69) is 5.32 Å². The highest BCUT2D eigenvalue weighted by molar-refractivity contribution is 4.79. The molecular weight excluding hydrogens is 229 g/mol. The van der Waals surface area contributed by atoms with Crippen LogP contribution >= 0.6 is 0 Å². The first-order chi connectivity index (χ1) is 7.42. The first kappa shape index (κ1) is 16.7. The normalized spacial score (nSPS) is 15.7. The summed E-state index contributed by atoms with van der Waals surface area (Å²) in [6, 6.07) is -0.260. The highest BCUT2D eigenvalue weighted by Gasteiger charge is 2.33. The highest BCUT2D eigenvalue weighted by atomic mass is 19.4. The van der Waals surface area contributed by atoms with Crippen LogP contribution in [0.3, 0.4) is 0 Å². The van der Waals surface area contributed by atoms with Crippen molar-refractivity contribution in [3.8, 4) is 0 Å². The van der Waals surface area contributed by atoms with Crippen LogP contribution in [0.1, 0.15) is 41.5 Å². The van der Waals surface area contributed by atoms with Gasteiger partial charge in [-0.3, -0.25) is 4.90 Å². The quantitative estimate of drug-likeness (QED) is 0.811. The smallest absolute Gasteiger partial charge is 0.311 e. The summed E-state index contributed by atoms with van der Waals surface area (Å²) in [4.78, 5) is 1.47. The number of rotatable bonds is 5. The lowest BCUT2D eigenvalue weighted by Gasteiger charge is -2.35. The van der Waals surface area contributed by atoms with Gasteiger partial charge < -0.3 is 5.32 Å². The predicted octanol–water partition coefficient (Wildman–Crippen LogP) is 3.04. The van der Waals surface area contributed by atoms with E-state index in [1.807, 2.05) is 27.7 Å². The number of hydrogen-bond donors (Lipinski definition) is 1. The van der Waals surface area contributed by atoms with Crippen molar-refractivity contribution in [1.82, 2.24) is 10.2 Å². The van der Waals surface area contributed by atoms with Crippen molar-refractivity contribution in [2.45, 2.75) is 65.3 Å². The maximum Gasteiger partial charge on any atom is 0.401 e. The summed E-state index contributed by atoms with van der Waals surface area (Å²) in [5.74, 6) is 0.